The fourth-order valence-corrected chi connectivity index (χ4v) is 0.500. The average Bonchev–Trinajstić information content (AvgIpc) is 1.21. The summed E-state index contributed by atoms with van der Waals surface area (Å²) in [5, 5.41) is 2.94. The molecule has 0 rings (SSSR count). The molecule has 0 bridgehead atoms. The van der Waals surface area contributed by atoms with Crippen LogP contribution in [0.25, 0.3) is 0 Å². The van der Waals surface area contributed by atoms with Crippen LogP contribution in [0.2, 0.25) is 0 Å². The zero-order valence-electron chi connectivity index (χ0n) is 5.73. The summed E-state index contributed by atoms with van der Waals surface area (Å²) in [6, 6.07) is 0. The predicted molar refractivity (Wildman–Crippen MR) is 35.1 cm³/mol. The highest BCUT2D eigenvalue weighted by Gasteiger charge is 2.09. The van der Waals surface area contributed by atoms with Gasteiger partial charge in [0.2, 0.25) is 0 Å². The number of hydrogen-bond donors (Lipinski definition) is 3. The monoisotopic (exact) mass is 117 g/mol. The van der Waals surface area contributed by atoms with Gasteiger partial charge in [-0.3, -0.25) is 5.32 Å². The highest BCUT2D eigenvalue weighted by molar-refractivity contribution is 4.70. The normalized spacial score (nSPS) is 12.8. The zero-order valence-corrected chi connectivity index (χ0v) is 5.73. The maximum absolute atomic E-state index is 5.25. The van der Waals surface area contributed by atoms with Gasteiger partial charge < -0.3 is 11.5 Å². The van der Waals surface area contributed by atoms with E-state index in [9.17, 15) is 0 Å². The Hall–Kier alpha value is -0.120. The van der Waals surface area contributed by atoms with Crippen molar-refractivity contribution in [3.8, 4) is 0 Å². The number of hydrogen-bond acceptors (Lipinski definition) is 3. The van der Waals surface area contributed by atoms with Crippen LogP contribution in [0.15, 0.2) is 0 Å². The molecule has 5 N–H and O–H groups in total. The van der Waals surface area contributed by atoms with Gasteiger partial charge in [-0.2, -0.15) is 0 Å². The van der Waals surface area contributed by atoms with Crippen LogP contribution >= 0.6 is 0 Å². The maximum atomic E-state index is 5.25. The lowest BCUT2D eigenvalue weighted by Gasteiger charge is -2.22. The van der Waals surface area contributed by atoms with E-state index in [2.05, 4.69) is 5.32 Å². The van der Waals surface area contributed by atoms with Crippen molar-refractivity contribution in [2.24, 2.45) is 11.5 Å². The number of nitrogens with one attached hydrogen (secondary N) is 1. The Balaban J connectivity index is 3.39. The highest BCUT2D eigenvalue weighted by Crippen LogP contribution is 1.96. The van der Waals surface area contributed by atoms with Crippen molar-refractivity contribution in [1.82, 2.24) is 5.32 Å². The van der Waals surface area contributed by atoms with Crippen molar-refractivity contribution in [3.63, 3.8) is 0 Å². The second kappa shape index (κ2) is 2.44. The molecule has 50 valence electrons. The second-order valence-electron chi connectivity index (χ2n) is 2.92. The van der Waals surface area contributed by atoms with Crippen LogP contribution in [0, 0.1) is 0 Å². The van der Waals surface area contributed by atoms with Crippen molar-refractivity contribution in [2.45, 2.75) is 32.6 Å². The van der Waals surface area contributed by atoms with E-state index in [4.69, 9.17) is 11.5 Å². The topological polar surface area (TPSA) is 64.1 Å². The first-order chi connectivity index (χ1) is 3.42. The SMILES string of the molecule is CC(C)(C)NC(N)N. The number of nitrogens with two attached hydrogens (primary N) is 2. The van der Waals surface area contributed by atoms with E-state index in [0.717, 1.165) is 0 Å². The molecule has 0 fully saturated rings. The van der Waals surface area contributed by atoms with E-state index < -0.39 is 6.29 Å². The molecule has 0 saturated heterocycles. The largest absolute Gasteiger partial charge is 0.304 e. The summed E-state index contributed by atoms with van der Waals surface area (Å²) >= 11 is 0. The van der Waals surface area contributed by atoms with Crippen molar-refractivity contribution in [3.05, 3.63) is 0 Å². The lowest BCUT2D eigenvalue weighted by atomic mass is 10.1. The number of rotatable bonds is 1. The maximum Gasteiger partial charge on any atom is 0.107 e. The molecule has 0 aliphatic carbocycles. The second-order valence-corrected chi connectivity index (χ2v) is 2.92. The highest BCUT2D eigenvalue weighted by atomic mass is 15.2. The van der Waals surface area contributed by atoms with Crippen LogP contribution in [0.4, 0.5) is 0 Å². The van der Waals surface area contributed by atoms with Gasteiger partial charge in [0.15, 0.2) is 0 Å². The van der Waals surface area contributed by atoms with Crippen LogP contribution in [0.5, 0.6) is 0 Å². The summed E-state index contributed by atoms with van der Waals surface area (Å²) in [5.74, 6) is 0. The minimum Gasteiger partial charge on any atom is -0.304 e. The third-order valence-corrected chi connectivity index (χ3v) is 0.600. The quantitative estimate of drug-likeness (QED) is 0.408. The lowest BCUT2D eigenvalue weighted by Crippen LogP contribution is -2.53. The molecule has 0 saturated carbocycles. The fourth-order valence-electron chi connectivity index (χ4n) is 0.500. The lowest BCUT2D eigenvalue weighted by molar-refractivity contribution is 0.369. The van der Waals surface area contributed by atoms with Crippen molar-refractivity contribution in [1.29, 1.82) is 0 Å². The molecule has 0 aliphatic heterocycles. The Morgan fingerprint density at radius 2 is 1.62 bits per heavy atom. The summed E-state index contributed by atoms with van der Waals surface area (Å²) < 4.78 is 0. The molecule has 0 amide bonds. The van der Waals surface area contributed by atoms with Gasteiger partial charge in [0.1, 0.15) is 6.29 Å². The standard InChI is InChI=1S/C5H15N3/c1-5(2,3)8-4(6)7/h4,8H,6-7H2,1-3H3. The molecule has 0 aromatic carbocycles. The predicted octanol–water partition coefficient (Wildman–Crippen LogP) is -0.424. The first kappa shape index (κ1) is 7.88. The van der Waals surface area contributed by atoms with E-state index >= 15 is 0 Å². The first-order valence-electron chi connectivity index (χ1n) is 2.71. The van der Waals surface area contributed by atoms with Gasteiger partial charge in [0.25, 0.3) is 0 Å². The van der Waals surface area contributed by atoms with Gasteiger partial charge in [0.05, 0.1) is 0 Å². The average molecular weight is 117 g/mol. The summed E-state index contributed by atoms with van der Waals surface area (Å²) in [5.41, 5.74) is 10.5. The Kier molecular flexibility index (Phi) is 2.40. The summed E-state index contributed by atoms with van der Waals surface area (Å²) in [7, 11) is 0. The van der Waals surface area contributed by atoms with Gasteiger partial charge >= 0.3 is 0 Å². The molecular weight excluding hydrogens is 102 g/mol. The summed E-state index contributed by atoms with van der Waals surface area (Å²) in [6.07, 6.45) is -0.407. The molecular formula is C5H15N3. The Morgan fingerprint density at radius 1 is 1.25 bits per heavy atom. The molecule has 8 heavy (non-hydrogen) atoms. The van der Waals surface area contributed by atoms with Crippen LogP contribution in [0.1, 0.15) is 20.8 Å². The Bertz CT molecular complexity index is 62.6. The zero-order chi connectivity index (χ0) is 6.78. The molecule has 0 radical (unpaired) electrons. The van der Waals surface area contributed by atoms with Crippen LogP contribution < -0.4 is 16.8 Å². The molecule has 0 spiro atoms. The fraction of sp³-hybridized carbons (Fsp3) is 1.00. The van der Waals surface area contributed by atoms with Crippen LogP contribution in [-0.4, -0.2) is 11.8 Å². The smallest absolute Gasteiger partial charge is 0.107 e. The molecule has 0 aliphatic rings. The molecule has 3 nitrogen and oxygen atoms in total. The van der Waals surface area contributed by atoms with E-state index in [1.807, 2.05) is 20.8 Å². The minimum absolute atomic E-state index is 0.0220. The first-order valence-corrected chi connectivity index (χ1v) is 2.71. The molecule has 0 atom stereocenters. The van der Waals surface area contributed by atoms with Gasteiger partial charge in [-0.25, -0.2) is 0 Å². The van der Waals surface area contributed by atoms with Crippen molar-refractivity contribution >= 4 is 0 Å². The van der Waals surface area contributed by atoms with E-state index in [0.29, 0.717) is 0 Å². The van der Waals surface area contributed by atoms with E-state index in [-0.39, 0.29) is 5.54 Å². The van der Waals surface area contributed by atoms with Gasteiger partial charge in [0, 0.05) is 5.54 Å². The molecule has 0 aromatic heterocycles. The van der Waals surface area contributed by atoms with E-state index in [1.165, 1.54) is 0 Å². The Labute approximate surface area is 50.4 Å². The van der Waals surface area contributed by atoms with Crippen LogP contribution in [-0.2, 0) is 0 Å². The molecule has 0 heterocycles. The molecule has 0 unspecified atom stereocenters. The molecule has 3 heteroatoms. The third-order valence-electron chi connectivity index (χ3n) is 0.600. The van der Waals surface area contributed by atoms with E-state index in [1.54, 1.807) is 0 Å². The van der Waals surface area contributed by atoms with Gasteiger partial charge in [-0.05, 0) is 20.8 Å². The summed E-state index contributed by atoms with van der Waals surface area (Å²) in [4.78, 5) is 0. The third kappa shape index (κ3) is 5.88. The van der Waals surface area contributed by atoms with Crippen LogP contribution in [0.3, 0.4) is 0 Å². The van der Waals surface area contributed by atoms with Gasteiger partial charge in [-0.15, -0.1) is 0 Å². The van der Waals surface area contributed by atoms with Crippen molar-refractivity contribution in [2.75, 3.05) is 0 Å². The summed E-state index contributed by atoms with van der Waals surface area (Å²) in [6.45, 7) is 6.04. The Morgan fingerprint density at radius 3 is 1.62 bits per heavy atom. The van der Waals surface area contributed by atoms with Gasteiger partial charge in [-0.1, -0.05) is 0 Å². The van der Waals surface area contributed by atoms with Crippen molar-refractivity contribution < 1.29 is 0 Å². The minimum atomic E-state index is -0.407. The molecule has 0 aromatic rings.